The van der Waals surface area contributed by atoms with E-state index in [1.54, 1.807) is 18.2 Å². The number of nitrogen functional groups attached to an aromatic ring is 1. The first kappa shape index (κ1) is 13.7. The normalized spacial score (nSPS) is 11.4. The molecule has 1 aromatic carbocycles. The second-order valence-corrected chi connectivity index (χ2v) is 5.80. The molecule has 4 heteroatoms. The molecule has 0 bridgehead atoms. The number of benzene rings is 1. The number of nitrogens with zero attached hydrogens (tertiary/aromatic N) is 1. The number of halogens is 1. The van der Waals surface area contributed by atoms with E-state index >= 15 is 0 Å². The Bertz CT molecular complexity index is 553. The lowest BCUT2D eigenvalue weighted by molar-refractivity contribution is 0.463. The zero-order valence-electron chi connectivity index (χ0n) is 11.3. The number of pyridine rings is 1. The number of anilines is 1. The average Bonchev–Trinajstić information content (AvgIpc) is 2.33. The molecule has 0 fully saturated rings. The molecule has 0 saturated carbocycles. The molecule has 0 aliphatic rings. The van der Waals surface area contributed by atoms with Crippen LogP contribution in [0, 0.1) is 0 Å². The minimum atomic E-state index is 0.0644. The van der Waals surface area contributed by atoms with Gasteiger partial charge in [0.25, 0.3) is 0 Å². The van der Waals surface area contributed by atoms with Gasteiger partial charge in [0.2, 0.25) is 5.88 Å². The molecule has 0 amide bonds. The van der Waals surface area contributed by atoms with Gasteiger partial charge in [0.15, 0.2) is 5.75 Å². The molecule has 2 N–H and O–H groups in total. The van der Waals surface area contributed by atoms with Gasteiger partial charge in [-0.25, -0.2) is 4.98 Å². The second kappa shape index (κ2) is 5.10. The summed E-state index contributed by atoms with van der Waals surface area (Å²) in [6.45, 7) is 6.41. The van der Waals surface area contributed by atoms with Crippen molar-refractivity contribution >= 4 is 17.3 Å². The number of ether oxygens (including phenoxy) is 1. The molecule has 0 aliphatic heterocycles. The molecule has 2 rings (SSSR count). The Morgan fingerprint density at radius 2 is 1.89 bits per heavy atom. The number of nitrogens with two attached hydrogens (primary N) is 1. The Labute approximate surface area is 118 Å². The highest BCUT2D eigenvalue weighted by atomic mass is 35.5. The van der Waals surface area contributed by atoms with Crippen LogP contribution in [0.1, 0.15) is 26.3 Å². The summed E-state index contributed by atoms with van der Waals surface area (Å²) in [5.41, 5.74) is 7.54. The van der Waals surface area contributed by atoms with Crippen molar-refractivity contribution in [3.63, 3.8) is 0 Å². The summed E-state index contributed by atoms with van der Waals surface area (Å²) in [7, 11) is 0. The van der Waals surface area contributed by atoms with Gasteiger partial charge in [-0.05, 0) is 23.1 Å². The summed E-state index contributed by atoms with van der Waals surface area (Å²) in [6, 6.07) is 9.07. The van der Waals surface area contributed by atoms with Crippen LogP contribution in [0.5, 0.6) is 11.6 Å². The summed E-state index contributed by atoms with van der Waals surface area (Å²) in [5.74, 6) is 0.924. The number of aromatic nitrogens is 1. The van der Waals surface area contributed by atoms with Gasteiger partial charge in [0, 0.05) is 12.3 Å². The highest BCUT2D eigenvalue weighted by Gasteiger charge is 2.14. The molecule has 0 aliphatic carbocycles. The molecule has 0 spiro atoms. The zero-order valence-corrected chi connectivity index (χ0v) is 12.0. The fraction of sp³-hybridized carbons (Fsp3) is 0.267. The lowest BCUT2D eigenvalue weighted by Gasteiger charge is -2.18. The van der Waals surface area contributed by atoms with Crippen molar-refractivity contribution in [1.82, 2.24) is 4.98 Å². The van der Waals surface area contributed by atoms with Gasteiger partial charge in [0.1, 0.15) is 0 Å². The van der Waals surface area contributed by atoms with Gasteiger partial charge in [-0.15, -0.1) is 0 Å². The van der Waals surface area contributed by atoms with Crippen LogP contribution >= 0.6 is 11.6 Å². The van der Waals surface area contributed by atoms with Crippen LogP contribution in [0.3, 0.4) is 0 Å². The average molecular weight is 277 g/mol. The van der Waals surface area contributed by atoms with Crippen molar-refractivity contribution in [3.8, 4) is 11.6 Å². The molecular formula is C15H17ClN2O. The summed E-state index contributed by atoms with van der Waals surface area (Å²) >= 11 is 6.05. The van der Waals surface area contributed by atoms with Gasteiger partial charge in [0.05, 0.1) is 10.7 Å². The first-order valence-electron chi connectivity index (χ1n) is 6.06. The Kier molecular flexibility index (Phi) is 3.67. The minimum Gasteiger partial charge on any atom is -0.435 e. The molecule has 2 aromatic rings. The highest BCUT2D eigenvalue weighted by molar-refractivity contribution is 6.32. The van der Waals surface area contributed by atoms with E-state index in [-0.39, 0.29) is 5.41 Å². The molecule has 100 valence electrons. The Balaban J connectivity index is 2.25. The zero-order chi connectivity index (χ0) is 14.0. The number of hydrogen-bond acceptors (Lipinski definition) is 3. The lowest BCUT2D eigenvalue weighted by Crippen LogP contribution is -2.11. The maximum absolute atomic E-state index is 6.05. The quantitative estimate of drug-likeness (QED) is 0.827. The van der Waals surface area contributed by atoms with Gasteiger partial charge in [-0.2, -0.15) is 0 Å². The fourth-order valence-corrected chi connectivity index (χ4v) is 1.84. The van der Waals surface area contributed by atoms with E-state index in [0.717, 1.165) is 5.56 Å². The van der Waals surface area contributed by atoms with Gasteiger partial charge in [-0.3, -0.25) is 0 Å². The summed E-state index contributed by atoms with van der Waals surface area (Å²) in [4.78, 5) is 4.29. The summed E-state index contributed by atoms with van der Waals surface area (Å²) < 4.78 is 5.64. The molecule has 19 heavy (non-hydrogen) atoms. The Morgan fingerprint density at radius 3 is 2.42 bits per heavy atom. The molecule has 1 aromatic heterocycles. The molecule has 1 heterocycles. The fourth-order valence-electron chi connectivity index (χ4n) is 1.62. The van der Waals surface area contributed by atoms with Crippen LogP contribution in [0.2, 0.25) is 5.02 Å². The topological polar surface area (TPSA) is 48.1 Å². The van der Waals surface area contributed by atoms with Crippen molar-refractivity contribution in [2.24, 2.45) is 0 Å². The van der Waals surface area contributed by atoms with Crippen molar-refractivity contribution in [2.75, 3.05) is 5.73 Å². The number of rotatable bonds is 2. The third-order valence-electron chi connectivity index (χ3n) is 2.81. The SMILES string of the molecule is CC(C)(C)c1ccc(Oc2c(N)cccc2Cl)nc1. The summed E-state index contributed by atoms with van der Waals surface area (Å²) in [6.07, 6.45) is 1.81. The van der Waals surface area contributed by atoms with E-state index in [0.29, 0.717) is 22.3 Å². The van der Waals surface area contributed by atoms with Crippen molar-refractivity contribution in [3.05, 3.63) is 47.1 Å². The molecular weight excluding hydrogens is 260 g/mol. The number of hydrogen-bond donors (Lipinski definition) is 1. The van der Waals surface area contributed by atoms with Crippen molar-refractivity contribution in [2.45, 2.75) is 26.2 Å². The Morgan fingerprint density at radius 1 is 1.16 bits per heavy atom. The maximum atomic E-state index is 6.05. The molecule has 0 saturated heterocycles. The van der Waals surface area contributed by atoms with Crippen LogP contribution in [-0.2, 0) is 5.41 Å². The first-order valence-corrected chi connectivity index (χ1v) is 6.44. The van der Waals surface area contributed by atoms with E-state index in [1.165, 1.54) is 0 Å². The van der Waals surface area contributed by atoms with Crippen LogP contribution in [0.15, 0.2) is 36.5 Å². The molecule has 0 atom stereocenters. The largest absolute Gasteiger partial charge is 0.435 e. The van der Waals surface area contributed by atoms with E-state index in [1.807, 2.05) is 18.3 Å². The van der Waals surface area contributed by atoms with E-state index in [9.17, 15) is 0 Å². The van der Waals surface area contributed by atoms with Crippen LogP contribution < -0.4 is 10.5 Å². The Hall–Kier alpha value is -1.74. The van der Waals surface area contributed by atoms with Gasteiger partial charge in [-0.1, -0.05) is 44.5 Å². The second-order valence-electron chi connectivity index (χ2n) is 5.40. The van der Waals surface area contributed by atoms with Crippen molar-refractivity contribution < 1.29 is 4.74 Å². The number of para-hydroxylation sites is 1. The molecule has 0 unspecified atom stereocenters. The highest BCUT2D eigenvalue weighted by Crippen LogP contribution is 2.34. The third-order valence-corrected chi connectivity index (χ3v) is 3.10. The first-order chi connectivity index (χ1) is 8.88. The van der Waals surface area contributed by atoms with Crippen LogP contribution in [0.25, 0.3) is 0 Å². The summed E-state index contributed by atoms with van der Waals surface area (Å²) in [5, 5.41) is 0.474. The van der Waals surface area contributed by atoms with E-state index < -0.39 is 0 Å². The lowest BCUT2D eigenvalue weighted by atomic mass is 9.88. The van der Waals surface area contributed by atoms with Crippen LogP contribution in [-0.4, -0.2) is 4.98 Å². The van der Waals surface area contributed by atoms with E-state index in [4.69, 9.17) is 22.1 Å². The molecule has 0 radical (unpaired) electrons. The third kappa shape index (κ3) is 3.18. The predicted molar refractivity (Wildman–Crippen MR) is 78.9 cm³/mol. The van der Waals surface area contributed by atoms with Gasteiger partial charge >= 0.3 is 0 Å². The van der Waals surface area contributed by atoms with E-state index in [2.05, 4.69) is 25.8 Å². The smallest absolute Gasteiger partial charge is 0.219 e. The monoisotopic (exact) mass is 276 g/mol. The van der Waals surface area contributed by atoms with Gasteiger partial charge < -0.3 is 10.5 Å². The molecule has 3 nitrogen and oxygen atoms in total. The minimum absolute atomic E-state index is 0.0644. The standard InChI is InChI=1S/C15H17ClN2O/c1-15(2,3)10-7-8-13(18-9-10)19-14-11(16)5-4-6-12(14)17/h4-9H,17H2,1-3H3. The predicted octanol–water partition coefficient (Wildman–Crippen LogP) is 4.41. The maximum Gasteiger partial charge on any atom is 0.219 e. The van der Waals surface area contributed by atoms with Crippen LogP contribution in [0.4, 0.5) is 5.69 Å². The van der Waals surface area contributed by atoms with Crippen molar-refractivity contribution in [1.29, 1.82) is 0 Å².